The highest BCUT2D eigenvalue weighted by molar-refractivity contribution is 7.91. The monoisotopic (exact) mass is 244 g/mol. The summed E-state index contributed by atoms with van der Waals surface area (Å²) in [6.07, 6.45) is 0. The van der Waals surface area contributed by atoms with Gasteiger partial charge in [0, 0.05) is 7.11 Å². The van der Waals surface area contributed by atoms with Gasteiger partial charge >= 0.3 is 7.12 Å². The van der Waals surface area contributed by atoms with Crippen molar-refractivity contribution in [1.29, 1.82) is 0 Å². The van der Waals surface area contributed by atoms with Gasteiger partial charge in [-0.15, -0.1) is 0 Å². The van der Waals surface area contributed by atoms with Crippen LogP contribution in [-0.2, 0) is 14.6 Å². The molecule has 0 radical (unpaired) electrons. The van der Waals surface area contributed by atoms with Crippen LogP contribution in [0.4, 0.5) is 0 Å². The van der Waals surface area contributed by atoms with Gasteiger partial charge in [0.15, 0.2) is 9.84 Å². The normalized spacial score (nSPS) is 11.4. The lowest BCUT2D eigenvalue weighted by atomic mass is 9.81. The molecule has 7 heteroatoms. The van der Waals surface area contributed by atoms with Gasteiger partial charge in [-0.3, -0.25) is 0 Å². The van der Waals surface area contributed by atoms with Crippen LogP contribution in [0.15, 0.2) is 29.2 Å². The second-order valence-corrected chi connectivity index (χ2v) is 5.36. The maximum absolute atomic E-state index is 11.7. The summed E-state index contributed by atoms with van der Waals surface area (Å²) in [6, 6.07) is 5.42. The summed E-state index contributed by atoms with van der Waals surface area (Å²) in [4.78, 5) is 0.147. The number of rotatable bonds is 5. The first-order chi connectivity index (χ1) is 7.47. The van der Waals surface area contributed by atoms with Crippen LogP contribution in [0, 0.1) is 0 Å². The minimum absolute atomic E-state index is 0.0927. The van der Waals surface area contributed by atoms with Crippen molar-refractivity contribution in [3.05, 3.63) is 24.3 Å². The molecule has 0 aliphatic rings. The molecule has 0 amide bonds. The molecule has 1 aromatic rings. The Morgan fingerprint density at radius 1 is 1.25 bits per heavy atom. The molecule has 0 fully saturated rings. The topological polar surface area (TPSA) is 83.8 Å². The fraction of sp³-hybridized carbons (Fsp3) is 0.333. The Morgan fingerprint density at radius 2 is 1.81 bits per heavy atom. The average Bonchev–Trinajstić information content (AvgIpc) is 2.26. The number of sulfone groups is 1. The maximum Gasteiger partial charge on any atom is 0.488 e. The molecule has 1 aromatic carbocycles. The molecule has 0 aliphatic heterocycles. The van der Waals surface area contributed by atoms with Crippen molar-refractivity contribution in [1.82, 2.24) is 0 Å². The number of benzene rings is 1. The Morgan fingerprint density at radius 3 is 2.25 bits per heavy atom. The fourth-order valence-electron chi connectivity index (χ4n) is 1.16. The molecular formula is C9H13BO5S. The summed E-state index contributed by atoms with van der Waals surface area (Å²) in [5.41, 5.74) is 0.255. The quantitative estimate of drug-likeness (QED) is 0.635. The van der Waals surface area contributed by atoms with E-state index >= 15 is 0 Å². The van der Waals surface area contributed by atoms with E-state index in [1.807, 2.05) is 0 Å². The molecule has 0 unspecified atom stereocenters. The van der Waals surface area contributed by atoms with Gasteiger partial charge in [0.1, 0.15) is 0 Å². The number of methoxy groups -OCH3 is 1. The SMILES string of the molecule is COCCS(=O)(=O)c1ccc(B(O)O)cc1. The van der Waals surface area contributed by atoms with E-state index in [0.717, 1.165) is 0 Å². The summed E-state index contributed by atoms with van der Waals surface area (Å²) in [7, 11) is -3.51. The lowest BCUT2D eigenvalue weighted by Gasteiger charge is -2.05. The molecule has 0 heterocycles. The molecule has 2 N–H and O–H groups in total. The lowest BCUT2D eigenvalue weighted by molar-refractivity contribution is 0.217. The van der Waals surface area contributed by atoms with E-state index in [-0.39, 0.29) is 22.7 Å². The molecule has 5 nitrogen and oxygen atoms in total. The van der Waals surface area contributed by atoms with Crippen molar-refractivity contribution in [2.24, 2.45) is 0 Å². The minimum Gasteiger partial charge on any atom is -0.423 e. The fourth-order valence-corrected chi connectivity index (χ4v) is 2.33. The van der Waals surface area contributed by atoms with Crippen molar-refractivity contribution in [2.45, 2.75) is 4.90 Å². The lowest BCUT2D eigenvalue weighted by Crippen LogP contribution is -2.29. The third kappa shape index (κ3) is 3.31. The average molecular weight is 244 g/mol. The molecule has 0 saturated heterocycles. The van der Waals surface area contributed by atoms with Crippen molar-refractivity contribution >= 4 is 22.4 Å². The molecule has 0 saturated carbocycles. The van der Waals surface area contributed by atoms with E-state index < -0.39 is 17.0 Å². The largest absolute Gasteiger partial charge is 0.488 e. The van der Waals surface area contributed by atoms with Gasteiger partial charge in [-0.25, -0.2) is 8.42 Å². The van der Waals surface area contributed by atoms with Crippen LogP contribution >= 0.6 is 0 Å². The number of hydrogen-bond donors (Lipinski definition) is 2. The molecule has 0 aromatic heterocycles. The van der Waals surface area contributed by atoms with Gasteiger partial charge in [-0.2, -0.15) is 0 Å². The predicted octanol–water partition coefficient (Wildman–Crippen LogP) is -1.21. The zero-order valence-electron chi connectivity index (χ0n) is 8.83. The highest BCUT2D eigenvalue weighted by atomic mass is 32.2. The van der Waals surface area contributed by atoms with Gasteiger partial charge in [0.05, 0.1) is 17.3 Å². The smallest absolute Gasteiger partial charge is 0.423 e. The molecule has 0 bridgehead atoms. The van der Waals surface area contributed by atoms with Crippen LogP contribution in [0.2, 0.25) is 0 Å². The molecule has 0 aliphatic carbocycles. The third-order valence-corrected chi connectivity index (χ3v) is 3.79. The van der Waals surface area contributed by atoms with Crippen molar-refractivity contribution in [2.75, 3.05) is 19.5 Å². The Balaban J connectivity index is 2.89. The summed E-state index contributed by atoms with van der Waals surface area (Å²) < 4.78 is 28.0. The molecule has 0 atom stereocenters. The van der Waals surface area contributed by atoms with E-state index in [4.69, 9.17) is 14.8 Å². The zero-order valence-corrected chi connectivity index (χ0v) is 9.64. The van der Waals surface area contributed by atoms with Gasteiger partial charge in [-0.05, 0) is 17.6 Å². The summed E-state index contributed by atoms with van der Waals surface area (Å²) in [5, 5.41) is 17.7. The van der Waals surface area contributed by atoms with E-state index in [0.29, 0.717) is 0 Å². The van der Waals surface area contributed by atoms with Crippen molar-refractivity contribution in [3.63, 3.8) is 0 Å². The Labute approximate surface area is 94.7 Å². The van der Waals surface area contributed by atoms with Gasteiger partial charge in [0.25, 0.3) is 0 Å². The van der Waals surface area contributed by atoms with Crippen LogP contribution in [0.5, 0.6) is 0 Å². The van der Waals surface area contributed by atoms with E-state index in [1.54, 1.807) is 0 Å². The highest BCUT2D eigenvalue weighted by Crippen LogP contribution is 2.09. The molecule has 0 spiro atoms. The second kappa shape index (κ2) is 5.45. The van der Waals surface area contributed by atoms with Gasteiger partial charge in [-0.1, -0.05) is 12.1 Å². The van der Waals surface area contributed by atoms with Crippen LogP contribution < -0.4 is 5.46 Å². The first-order valence-corrected chi connectivity index (χ1v) is 6.30. The standard InChI is InChI=1S/C9H13BO5S/c1-15-6-7-16(13,14)9-4-2-8(3-5-9)10(11)12/h2-5,11-12H,6-7H2,1H3. The molecule has 88 valence electrons. The molecule has 1 rings (SSSR count). The predicted molar refractivity (Wildman–Crippen MR) is 60.2 cm³/mol. The third-order valence-electron chi connectivity index (χ3n) is 2.09. The Bertz CT molecular complexity index is 426. The van der Waals surface area contributed by atoms with Crippen molar-refractivity contribution < 1.29 is 23.2 Å². The van der Waals surface area contributed by atoms with E-state index in [2.05, 4.69) is 0 Å². The van der Waals surface area contributed by atoms with E-state index in [1.165, 1.54) is 31.4 Å². The maximum atomic E-state index is 11.7. The Kier molecular flexibility index (Phi) is 4.49. The number of ether oxygens (including phenoxy) is 1. The summed E-state index contributed by atoms with van der Waals surface area (Å²) in [6.45, 7) is 0.132. The van der Waals surface area contributed by atoms with Gasteiger partial charge < -0.3 is 14.8 Å². The van der Waals surface area contributed by atoms with Crippen LogP contribution in [0.25, 0.3) is 0 Å². The first kappa shape index (κ1) is 13.2. The van der Waals surface area contributed by atoms with Crippen LogP contribution in [-0.4, -0.2) is 45.1 Å². The zero-order chi connectivity index (χ0) is 12.2. The Hall–Kier alpha value is -0.885. The number of hydrogen-bond acceptors (Lipinski definition) is 5. The summed E-state index contributed by atoms with van der Waals surface area (Å²) >= 11 is 0. The second-order valence-electron chi connectivity index (χ2n) is 3.25. The minimum atomic E-state index is -3.35. The van der Waals surface area contributed by atoms with Gasteiger partial charge in [0.2, 0.25) is 0 Å². The highest BCUT2D eigenvalue weighted by Gasteiger charge is 2.16. The summed E-state index contributed by atoms with van der Waals surface area (Å²) in [5.74, 6) is -0.0927. The molecule has 16 heavy (non-hydrogen) atoms. The van der Waals surface area contributed by atoms with Crippen LogP contribution in [0.3, 0.4) is 0 Å². The first-order valence-electron chi connectivity index (χ1n) is 4.65. The van der Waals surface area contributed by atoms with E-state index in [9.17, 15) is 8.42 Å². The van der Waals surface area contributed by atoms with Crippen LogP contribution in [0.1, 0.15) is 0 Å². The van der Waals surface area contributed by atoms with Crippen molar-refractivity contribution in [3.8, 4) is 0 Å². The molecular weight excluding hydrogens is 231 g/mol.